The van der Waals surface area contributed by atoms with Crippen molar-refractivity contribution in [3.8, 4) is 10.6 Å². The van der Waals surface area contributed by atoms with Gasteiger partial charge in [-0.05, 0) is 34.8 Å². The first-order chi connectivity index (χ1) is 9.28. The van der Waals surface area contributed by atoms with E-state index in [0.29, 0.717) is 11.6 Å². The molecule has 2 heterocycles. The molecule has 0 bridgehead atoms. The quantitative estimate of drug-likeness (QED) is 0.760. The molecule has 100 valence electrons. The smallest absolute Gasteiger partial charge is 0.153 e. The maximum absolute atomic E-state index is 11.2. The van der Waals surface area contributed by atoms with Crippen molar-refractivity contribution in [2.75, 3.05) is 0 Å². The van der Waals surface area contributed by atoms with Crippen LogP contribution in [0.25, 0.3) is 10.6 Å². The van der Waals surface area contributed by atoms with Gasteiger partial charge in [0.2, 0.25) is 0 Å². The largest absolute Gasteiger partial charge is 0.298 e. The molecule has 0 aliphatic heterocycles. The SMILES string of the molecule is O=Cc1cn(C2CCCCC2)nc1-c1cc(Br)cs1. The Morgan fingerprint density at radius 1 is 1.37 bits per heavy atom. The zero-order valence-electron chi connectivity index (χ0n) is 10.5. The Morgan fingerprint density at radius 3 is 2.79 bits per heavy atom. The molecule has 0 radical (unpaired) electrons. The maximum Gasteiger partial charge on any atom is 0.153 e. The van der Waals surface area contributed by atoms with Crippen molar-refractivity contribution in [3.05, 3.63) is 27.7 Å². The maximum atomic E-state index is 11.2. The number of aldehydes is 1. The van der Waals surface area contributed by atoms with Gasteiger partial charge in [0.25, 0.3) is 0 Å². The van der Waals surface area contributed by atoms with Gasteiger partial charge < -0.3 is 0 Å². The van der Waals surface area contributed by atoms with Crippen molar-refractivity contribution in [2.24, 2.45) is 0 Å². The van der Waals surface area contributed by atoms with E-state index >= 15 is 0 Å². The van der Waals surface area contributed by atoms with Crippen molar-refractivity contribution in [1.82, 2.24) is 9.78 Å². The molecule has 1 aliphatic rings. The highest BCUT2D eigenvalue weighted by Crippen LogP contribution is 2.33. The van der Waals surface area contributed by atoms with Gasteiger partial charge in [-0.25, -0.2) is 0 Å². The highest BCUT2D eigenvalue weighted by Gasteiger charge is 2.19. The van der Waals surface area contributed by atoms with Gasteiger partial charge in [0.15, 0.2) is 6.29 Å². The van der Waals surface area contributed by atoms with E-state index < -0.39 is 0 Å². The molecular weight excluding hydrogens is 324 g/mol. The summed E-state index contributed by atoms with van der Waals surface area (Å²) in [5.41, 5.74) is 1.51. The molecule has 1 saturated carbocycles. The third-order valence-corrected chi connectivity index (χ3v) is 5.33. The van der Waals surface area contributed by atoms with E-state index in [4.69, 9.17) is 0 Å². The molecule has 0 amide bonds. The molecule has 1 fully saturated rings. The molecule has 3 nitrogen and oxygen atoms in total. The Kier molecular flexibility index (Phi) is 3.84. The lowest BCUT2D eigenvalue weighted by atomic mass is 9.96. The summed E-state index contributed by atoms with van der Waals surface area (Å²) < 4.78 is 3.04. The number of hydrogen-bond donors (Lipinski definition) is 0. The third kappa shape index (κ3) is 2.67. The van der Waals surface area contributed by atoms with Crippen LogP contribution < -0.4 is 0 Å². The van der Waals surface area contributed by atoms with Crippen molar-refractivity contribution >= 4 is 33.6 Å². The standard InChI is InChI=1S/C14H15BrN2OS/c15-11-6-13(19-9-11)14-10(8-18)7-17(16-14)12-4-2-1-3-5-12/h6-9,12H,1-5H2. The molecule has 19 heavy (non-hydrogen) atoms. The average molecular weight is 339 g/mol. The molecule has 2 aromatic rings. The summed E-state index contributed by atoms with van der Waals surface area (Å²) in [6.07, 6.45) is 9.02. The van der Waals surface area contributed by atoms with Crippen LogP contribution in [0.5, 0.6) is 0 Å². The Balaban J connectivity index is 1.95. The highest BCUT2D eigenvalue weighted by molar-refractivity contribution is 9.10. The monoisotopic (exact) mass is 338 g/mol. The topological polar surface area (TPSA) is 34.9 Å². The second-order valence-electron chi connectivity index (χ2n) is 4.95. The minimum atomic E-state index is 0.463. The van der Waals surface area contributed by atoms with Gasteiger partial charge in [0.1, 0.15) is 5.69 Å². The van der Waals surface area contributed by atoms with Gasteiger partial charge in [-0.3, -0.25) is 9.48 Å². The van der Waals surface area contributed by atoms with E-state index in [-0.39, 0.29) is 0 Å². The number of halogens is 1. The number of hydrogen-bond acceptors (Lipinski definition) is 3. The van der Waals surface area contributed by atoms with Gasteiger partial charge in [-0.2, -0.15) is 5.10 Å². The van der Waals surface area contributed by atoms with Crippen LogP contribution in [0.1, 0.15) is 48.5 Å². The lowest BCUT2D eigenvalue weighted by molar-refractivity contribution is 0.112. The Bertz CT molecular complexity index is 584. The number of nitrogens with zero attached hydrogens (tertiary/aromatic N) is 2. The molecule has 0 saturated heterocycles. The zero-order valence-corrected chi connectivity index (χ0v) is 12.9. The predicted molar refractivity (Wildman–Crippen MR) is 80.7 cm³/mol. The molecule has 0 N–H and O–H groups in total. The van der Waals surface area contributed by atoms with Crippen LogP contribution in [0.4, 0.5) is 0 Å². The Labute approximate surface area is 124 Å². The van der Waals surface area contributed by atoms with Gasteiger partial charge in [0.05, 0.1) is 16.5 Å². The second kappa shape index (κ2) is 5.59. The molecule has 1 aliphatic carbocycles. The summed E-state index contributed by atoms with van der Waals surface area (Å²) in [6.45, 7) is 0. The summed E-state index contributed by atoms with van der Waals surface area (Å²) in [4.78, 5) is 12.3. The van der Waals surface area contributed by atoms with Gasteiger partial charge in [-0.15, -0.1) is 11.3 Å². The van der Waals surface area contributed by atoms with Crippen LogP contribution in [-0.4, -0.2) is 16.1 Å². The fourth-order valence-corrected chi connectivity index (χ4v) is 4.09. The molecule has 0 aromatic carbocycles. The lowest BCUT2D eigenvalue weighted by Crippen LogP contribution is -2.13. The minimum absolute atomic E-state index is 0.463. The van der Waals surface area contributed by atoms with Crippen molar-refractivity contribution in [1.29, 1.82) is 0 Å². The number of aromatic nitrogens is 2. The molecule has 0 atom stereocenters. The zero-order chi connectivity index (χ0) is 13.2. The van der Waals surface area contributed by atoms with E-state index in [1.54, 1.807) is 11.3 Å². The van der Waals surface area contributed by atoms with Crippen LogP contribution >= 0.6 is 27.3 Å². The van der Waals surface area contributed by atoms with Gasteiger partial charge in [-0.1, -0.05) is 19.3 Å². The van der Waals surface area contributed by atoms with Crippen LogP contribution in [0.2, 0.25) is 0 Å². The number of thiophene rings is 1. The van der Waals surface area contributed by atoms with E-state index in [0.717, 1.165) is 21.3 Å². The first-order valence-corrected chi connectivity index (χ1v) is 8.24. The second-order valence-corrected chi connectivity index (χ2v) is 6.78. The first-order valence-electron chi connectivity index (χ1n) is 6.56. The summed E-state index contributed by atoms with van der Waals surface area (Å²) >= 11 is 5.06. The Hall–Kier alpha value is -0.940. The number of carbonyl (C=O) groups is 1. The summed E-state index contributed by atoms with van der Waals surface area (Å²) in [7, 11) is 0. The number of carbonyl (C=O) groups excluding carboxylic acids is 1. The van der Waals surface area contributed by atoms with E-state index in [1.807, 2.05) is 22.3 Å². The van der Waals surface area contributed by atoms with E-state index in [9.17, 15) is 4.79 Å². The third-order valence-electron chi connectivity index (χ3n) is 3.64. The molecule has 3 rings (SSSR count). The van der Waals surface area contributed by atoms with Crippen LogP contribution in [0.3, 0.4) is 0 Å². The normalized spacial score (nSPS) is 16.7. The lowest BCUT2D eigenvalue weighted by Gasteiger charge is -2.21. The average Bonchev–Trinajstić information content (AvgIpc) is 3.05. The first kappa shape index (κ1) is 13.1. The predicted octanol–water partition coefficient (Wildman–Crippen LogP) is 4.69. The Morgan fingerprint density at radius 2 is 2.16 bits per heavy atom. The van der Waals surface area contributed by atoms with Gasteiger partial charge in [0, 0.05) is 16.0 Å². The molecule has 0 unspecified atom stereocenters. The van der Waals surface area contributed by atoms with Crippen molar-refractivity contribution < 1.29 is 4.79 Å². The fraction of sp³-hybridized carbons (Fsp3) is 0.429. The van der Waals surface area contributed by atoms with Crippen LogP contribution in [0.15, 0.2) is 22.1 Å². The van der Waals surface area contributed by atoms with Crippen molar-refractivity contribution in [2.45, 2.75) is 38.1 Å². The minimum Gasteiger partial charge on any atom is -0.298 e. The number of rotatable bonds is 3. The van der Waals surface area contributed by atoms with Crippen molar-refractivity contribution in [3.63, 3.8) is 0 Å². The molecule has 5 heteroatoms. The van der Waals surface area contributed by atoms with Crippen LogP contribution in [-0.2, 0) is 0 Å². The molecular formula is C14H15BrN2OS. The van der Waals surface area contributed by atoms with E-state index in [2.05, 4.69) is 21.0 Å². The summed E-state index contributed by atoms with van der Waals surface area (Å²) in [5.74, 6) is 0. The van der Waals surface area contributed by atoms with Crippen LogP contribution in [0, 0.1) is 0 Å². The fourth-order valence-electron chi connectivity index (χ4n) is 2.65. The molecule has 2 aromatic heterocycles. The summed E-state index contributed by atoms with van der Waals surface area (Å²) in [5, 5.41) is 6.68. The molecule has 0 spiro atoms. The van der Waals surface area contributed by atoms with E-state index in [1.165, 1.54) is 32.1 Å². The van der Waals surface area contributed by atoms with Gasteiger partial charge >= 0.3 is 0 Å². The summed E-state index contributed by atoms with van der Waals surface area (Å²) in [6, 6.07) is 2.48. The highest BCUT2D eigenvalue weighted by atomic mass is 79.9.